The van der Waals surface area contributed by atoms with Crippen molar-refractivity contribution in [1.82, 2.24) is 19.9 Å². The summed E-state index contributed by atoms with van der Waals surface area (Å²) in [5.41, 5.74) is -32.8. The van der Waals surface area contributed by atoms with Gasteiger partial charge in [-0.05, 0) is 72.8 Å². The lowest BCUT2D eigenvalue weighted by molar-refractivity contribution is 0.376. The second-order valence-corrected chi connectivity index (χ2v) is 21.5. The number of benzene rings is 6. The Morgan fingerprint density at radius 2 is 0.333 bits per heavy atom. The van der Waals surface area contributed by atoms with Crippen LogP contribution in [0, 0.1) is 175 Å². The van der Waals surface area contributed by atoms with Gasteiger partial charge >= 0.3 is 0 Å². The normalized spacial score (nSPS) is 14.1. The van der Waals surface area contributed by atoms with E-state index in [2.05, 4.69) is 29.9 Å². The van der Waals surface area contributed by atoms with Crippen LogP contribution in [0.2, 0.25) is 0 Å². The lowest BCUT2D eigenvalue weighted by Gasteiger charge is -2.15. The molecule has 102 heavy (non-hydrogen) atoms. The predicted octanol–water partition coefficient (Wildman–Crippen LogP) is 15.3. The highest BCUT2D eigenvalue weighted by Gasteiger charge is 2.39. The molecule has 0 saturated carbocycles. The maximum atomic E-state index is 16.5. The molecular formula is C66H16F30N6. The first-order valence-corrected chi connectivity index (χ1v) is 27.5. The number of H-pyrrole nitrogens is 4. The van der Waals surface area contributed by atoms with Gasteiger partial charge in [0.1, 0.15) is 0 Å². The molecule has 3 aliphatic rings. The predicted molar refractivity (Wildman–Crippen MR) is 293 cm³/mol. The highest BCUT2D eigenvalue weighted by atomic mass is 19.2. The fourth-order valence-corrected chi connectivity index (χ4v) is 11.4. The molecule has 12 bridgehead atoms. The molecule has 0 fully saturated rings. The van der Waals surface area contributed by atoms with Crippen LogP contribution in [0.5, 0.6) is 0 Å². The Morgan fingerprint density at radius 1 is 0.167 bits per heavy atom. The number of hydrogen-bond donors (Lipinski definition) is 4. The summed E-state index contributed by atoms with van der Waals surface area (Å²) in [5.74, 6) is -85.7. The Kier molecular flexibility index (Phi) is 16.5. The fourth-order valence-electron chi connectivity index (χ4n) is 11.4. The van der Waals surface area contributed by atoms with Crippen LogP contribution in [0.3, 0.4) is 0 Å². The van der Waals surface area contributed by atoms with Crippen LogP contribution in [0.1, 0.15) is 56.2 Å². The van der Waals surface area contributed by atoms with Crippen molar-refractivity contribution in [2.45, 2.75) is 0 Å². The summed E-state index contributed by atoms with van der Waals surface area (Å²) in [6, 6.07) is 3.27. The summed E-state index contributed by atoms with van der Waals surface area (Å²) in [6.45, 7) is 0. The lowest BCUT2D eigenvalue weighted by Crippen LogP contribution is -2.23. The Balaban J connectivity index is 1.28. The largest absolute Gasteiger partial charge is 0.354 e. The van der Waals surface area contributed by atoms with Gasteiger partial charge in [0.05, 0.1) is 56.2 Å². The van der Waals surface area contributed by atoms with E-state index in [9.17, 15) is 26.3 Å². The zero-order valence-corrected chi connectivity index (χ0v) is 48.2. The van der Waals surface area contributed by atoms with Crippen molar-refractivity contribution >= 4 is 44.9 Å². The van der Waals surface area contributed by atoms with Crippen molar-refractivity contribution < 1.29 is 132 Å². The van der Waals surface area contributed by atoms with Crippen LogP contribution in [-0.4, -0.2) is 31.4 Å². The van der Waals surface area contributed by atoms with Crippen LogP contribution in [0.15, 0.2) is 94.2 Å². The molecule has 520 valence electrons. The topological polar surface area (TPSA) is 87.9 Å². The van der Waals surface area contributed by atoms with Crippen LogP contribution in [-0.2, 0) is 0 Å². The van der Waals surface area contributed by atoms with Gasteiger partial charge < -0.3 is 19.9 Å². The highest BCUT2D eigenvalue weighted by molar-refractivity contribution is 6.31. The summed E-state index contributed by atoms with van der Waals surface area (Å²) < 4.78 is 472. The summed E-state index contributed by atoms with van der Waals surface area (Å²) >= 11 is 0. The number of aliphatic imine (C=N–C) groups is 2. The van der Waals surface area contributed by atoms with Gasteiger partial charge in [-0.2, -0.15) is 0 Å². The van der Waals surface area contributed by atoms with Gasteiger partial charge in [-0.3, -0.25) is 0 Å². The third kappa shape index (κ3) is 10.0. The molecule has 6 nitrogen and oxygen atoms in total. The van der Waals surface area contributed by atoms with E-state index in [0.717, 1.165) is 0 Å². The number of halogens is 30. The molecular weight excluding hydrogens is 1450 g/mol. The van der Waals surface area contributed by atoms with Crippen LogP contribution >= 0.6 is 0 Å². The van der Waals surface area contributed by atoms with E-state index in [1.165, 1.54) is 0 Å². The number of allylic oxidation sites excluding steroid dienone is 4. The van der Waals surface area contributed by atoms with E-state index >= 15 is 105 Å². The molecule has 13 rings (SSSR count). The van der Waals surface area contributed by atoms with Gasteiger partial charge in [-0.15, -0.1) is 0 Å². The SMILES string of the molecule is Fc1c(F)c(F)c(C2=C3C=CC(=N3)C(c3c(F)c(F)c(F)c(F)c3F)=c3ccc([nH]3)=C(c3c(F)c(F)c(F)c(F)c3F)c3ccc([nH]3)C(c3c(F)c(F)c(F)c(F)c3F)=C3C=CC(=N3)C(c3c(F)c(F)c(F)c(F)c3F)=c3ccc([nH]3)=C(c3c(F)c(F)c(F)c(F)c3F)c3ccc2[nH]3)c(F)c1F. The molecule has 4 N–H and O–H groups in total. The van der Waals surface area contributed by atoms with Crippen LogP contribution in [0.25, 0.3) is 33.4 Å². The van der Waals surface area contributed by atoms with Gasteiger partial charge in [-0.1, -0.05) is 0 Å². The van der Waals surface area contributed by atoms with E-state index in [1.54, 1.807) is 0 Å². The molecule has 0 atom stereocenters. The summed E-state index contributed by atoms with van der Waals surface area (Å²) in [6.07, 6.45) is 1.49. The number of aromatic amines is 4. The Labute approximate surface area is 541 Å². The second kappa shape index (κ2) is 24.5. The molecule has 0 aliphatic carbocycles. The molecule has 0 radical (unpaired) electrons. The van der Waals surface area contributed by atoms with Crippen molar-refractivity contribution in [2.75, 3.05) is 0 Å². The molecule has 6 aromatic carbocycles. The van der Waals surface area contributed by atoms with E-state index in [1.807, 2.05) is 0 Å². The minimum atomic E-state index is -2.91. The Bertz CT molecular complexity index is 5480. The van der Waals surface area contributed by atoms with Crippen molar-refractivity contribution in [3.8, 4) is 0 Å². The Hall–Kier alpha value is -11.9. The first kappa shape index (κ1) is 68.6. The number of nitrogens with one attached hydrogen (secondary N) is 4. The van der Waals surface area contributed by atoms with Crippen molar-refractivity contribution in [1.29, 1.82) is 0 Å². The molecule has 0 spiro atoms. The molecule has 0 saturated heterocycles. The minimum Gasteiger partial charge on any atom is -0.354 e. The lowest BCUT2D eigenvalue weighted by atomic mass is 9.98. The van der Waals surface area contributed by atoms with Crippen molar-refractivity contribution in [3.63, 3.8) is 0 Å². The highest BCUT2D eigenvalue weighted by Crippen LogP contribution is 2.43. The standard InChI is InChI=1S/C66H16F30N6/c67-37-31(38(68)50(80)61(91)49(37)79)25-13-1-2-14(97-13)26(32-39(69)51(81)62(92)52(82)40(32)70)16-5-6-18(99-16)28(34-43(73)55(85)64(94)56(86)44(34)74)20-9-10-22(101-20)30(36-47(77)59(89)66(96)60(90)48(36)78)24-12-11-23(102-24)29(35-45(75)57(87)65(95)58(88)46(35)76)21-8-7-19(100-21)27(17-4-3-15(25)98-17)33-41(71)53(83)63(93)54(84)42(33)72/h1-12,97-98,101-102H. The van der Waals surface area contributed by atoms with E-state index in [4.69, 9.17) is 0 Å². The van der Waals surface area contributed by atoms with Crippen LogP contribution < -0.4 is 21.4 Å². The number of nitrogens with zero attached hydrogens (tertiary/aromatic N) is 2. The number of fused-ring (bicyclic) bond motifs is 10. The average molecular weight is 1460 g/mol. The van der Waals surface area contributed by atoms with Crippen molar-refractivity contribution in [2.24, 2.45) is 9.98 Å². The average Bonchev–Trinajstić information content (AvgIpc) is 1.59. The zero-order chi connectivity index (χ0) is 73.9. The molecule has 10 aromatic rings. The third-order valence-electron chi connectivity index (χ3n) is 16.0. The summed E-state index contributed by atoms with van der Waals surface area (Å²) in [7, 11) is 0. The maximum absolute atomic E-state index is 16.5. The van der Waals surface area contributed by atoms with E-state index in [-0.39, 0.29) is 0 Å². The third-order valence-corrected chi connectivity index (χ3v) is 16.0. The first-order valence-electron chi connectivity index (χ1n) is 27.5. The molecule has 36 heteroatoms. The fraction of sp³-hybridized carbons (Fsp3) is 0. The smallest absolute Gasteiger partial charge is 0.200 e. The number of aromatic nitrogens is 4. The molecule has 0 amide bonds. The first-order chi connectivity index (χ1) is 48.1. The second-order valence-electron chi connectivity index (χ2n) is 21.5. The van der Waals surface area contributed by atoms with E-state index < -0.39 is 308 Å². The number of rotatable bonds is 6. The van der Waals surface area contributed by atoms with Gasteiger partial charge in [0.25, 0.3) is 0 Å². The molecule has 0 unspecified atom stereocenters. The van der Waals surface area contributed by atoms with Gasteiger partial charge in [0, 0.05) is 77.6 Å². The maximum Gasteiger partial charge on any atom is 0.200 e. The minimum absolute atomic E-state index is 0.373. The Morgan fingerprint density at radius 3 is 0.549 bits per heavy atom. The van der Waals surface area contributed by atoms with Crippen molar-refractivity contribution in [3.05, 3.63) is 336 Å². The van der Waals surface area contributed by atoms with Gasteiger partial charge in [-0.25, -0.2) is 142 Å². The number of hydrogen-bond acceptors (Lipinski definition) is 2. The quantitative estimate of drug-likeness (QED) is 0.0726. The molecule has 3 aliphatic heterocycles. The van der Waals surface area contributed by atoms with Gasteiger partial charge in [0.15, 0.2) is 140 Å². The molecule has 7 heterocycles. The summed E-state index contributed by atoms with van der Waals surface area (Å²) in [5, 5.41) is -4.99. The van der Waals surface area contributed by atoms with Gasteiger partial charge in [0.2, 0.25) is 34.9 Å². The zero-order valence-electron chi connectivity index (χ0n) is 48.2. The van der Waals surface area contributed by atoms with Crippen LogP contribution in [0.4, 0.5) is 132 Å². The molecule has 4 aromatic heterocycles. The van der Waals surface area contributed by atoms with E-state index in [0.29, 0.717) is 72.8 Å². The summed E-state index contributed by atoms with van der Waals surface area (Å²) in [4.78, 5) is 16.2. The monoisotopic (exact) mass is 1460 g/mol.